The maximum absolute atomic E-state index is 9.63. The van der Waals surface area contributed by atoms with Gasteiger partial charge in [0.2, 0.25) is 0 Å². The molecule has 9 heteroatoms. The first-order chi connectivity index (χ1) is 16.7. The van der Waals surface area contributed by atoms with Gasteiger partial charge in [-0.3, -0.25) is 8.97 Å². The Balaban J connectivity index is 1.93. The van der Waals surface area contributed by atoms with Crippen molar-refractivity contribution in [1.29, 1.82) is 10.5 Å². The normalized spacial score (nSPS) is 11.3. The molecule has 4 heterocycles. The first kappa shape index (κ1) is 19.6. The molecule has 6 rings (SSSR count). The van der Waals surface area contributed by atoms with Crippen molar-refractivity contribution in [2.45, 2.75) is 13.3 Å². The third kappa shape index (κ3) is 2.52. The third-order valence-corrected chi connectivity index (χ3v) is 5.89. The van der Waals surface area contributed by atoms with Gasteiger partial charge < -0.3 is 4.74 Å². The maximum Gasteiger partial charge on any atom is 0.179 e. The van der Waals surface area contributed by atoms with Gasteiger partial charge in [-0.2, -0.15) is 10.5 Å². The summed E-state index contributed by atoms with van der Waals surface area (Å²) in [7, 11) is 1.59. The maximum atomic E-state index is 9.63. The topological polar surface area (TPSA) is 118 Å². The molecule has 0 aliphatic rings. The molecule has 0 aliphatic heterocycles. The van der Waals surface area contributed by atoms with Crippen LogP contribution in [0.5, 0.6) is 5.75 Å². The zero-order valence-corrected chi connectivity index (χ0v) is 18.3. The van der Waals surface area contributed by atoms with Crippen LogP contribution in [-0.2, 0) is 6.42 Å². The number of nitrogens with zero attached hydrogens (tertiary/aromatic N) is 8. The lowest BCUT2D eigenvalue weighted by molar-refractivity contribution is 0.413. The minimum Gasteiger partial charge on any atom is -0.495 e. The molecular formula is C25H16N8O. The van der Waals surface area contributed by atoms with Crippen molar-refractivity contribution in [2.24, 2.45) is 0 Å². The number of imidazole rings is 1. The highest BCUT2D eigenvalue weighted by Gasteiger charge is 2.25. The van der Waals surface area contributed by atoms with Crippen molar-refractivity contribution >= 4 is 38.9 Å². The SMILES string of the molecule is CCc1nc2c(c3nc(C#N)c(C#N)nc3n2-c2ccccc2OC)c2nc3ccccc3n12. The average molecular weight is 444 g/mol. The van der Waals surface area contributed by atoms with Crippen molar-refractivity contribution < 1.29 is 4.74 Å². The second kappa shape index (κ2) is 7.26. The van der Waals surface area contributed by atoms with Gasteiger partial charge in [-0.25, -0.2) is 19.9 Å². The largest absolute Gasteiger partial charge is 0.495 e. The lowest BCUT2D eigenvalue weighted by atomic mass is 10.3. The summed E-state index contributed by atoms with van der Waals surface area (Å²) in [6, 6.07) is 19.3. The third-order valence-electron chi connectivity index (χ3n) is 5.89. The summed E-state index contributed by atoms with van der Waals surface area (Å²) in [6.07, 6.45) is 0.661. The number of aryl methyl sites for hydroxylation is 1. The molecule has 0 aliphatic carbocycles. The summed E-state index contributed by atoms with van der Waals surface area (Å²) in [4.78, 5) is 19.1. The smallest absolute Gasteiger partial charge is 0.179 e. The molecule has 0 saturated carbocycles. The average Bonchev–Trinajstić information content (AvgIpc) is 3.42. The van der Waals surface area contributed by atoms with Crippen LogP contribution in [0.1, 0.15) is 24.1 Å². The van der Waals surface area contributed by atoms with Gasteiger partial charge in [0.1, 0.15) is 29.2 Å². The fourth-order valence-corrected chi connectivity index (χ4v) is 4.44. The van der Waals surface area contributed by atoms with E-state index < -0.39 is 0 Å². The van der Waals surface area contributed by atoms with Gasteiger partial charge in [0.25, 0.3) is 0 Å². The standard InChI is InChI=1S/C25H16N8O/c1-3-20-31-24-21(23-29-14-8-4-5-9-17(14)32(20)23)22-25(30-16(13-27)15(12-26)28-22)33(24)18-10-6-7-11-19(18)34-2/h4-11H,3H2,1-2H3. The summed E-state index contributed by atoms with van der Waals surface area (Å²) >= 11 is 0. The molecule has 0 fully saturated rings. The summed E-state index contributed by atoms with van der Waals surface area (Å²) in [5.74, 6) is 1.43. The summed E-state index contributed by atoms with van der Waals surface area (Å²) < 4.78 is 9.48. The van der Waals surface area contributed by atoms with E-state index in [0.717, 1.165) is 16.9 Å². The van der Waals surface area contributed by atoms with E-state index in [2.05, 4.69) is 9.97 Å². The fourth-order valence-electron chi connectivity index (χ4n) is 4.44. The van der Waals surface area contributed by atoms with Crippen molar-refractivity contribution in [3.63, 3.8) is 0 Å². The van der Waals surface area contributed by atoms with Gasteiger partial charge >= 0.3 is 0 Å². The molecule has 9 nitrogen and oxygen atoms in total. The highest BCUT2D eigenvalue weighted by molar-refractivity contribution is 6.12. The highest BCUT2D eigenvalue weighted by Crippen LogP contribution is 2.36. The van der Waals surface area contributed by atoms with Crippen LogP contribution in [0, 0.1) is 22.7 Å². The number of ether oxygens (including phenoxy) is 1. The highest BCUT2D eigenvalue weighted by atomic mass is 16.5. The van der Waals surface area contributed by atoms with Crippen LogP contribution in [-0.4, -0.2) is 36.0 Å². The Morgan fingerprint density at radius 3 is 2.35 bits per heavy atom. The second-order valence-corrected chi connectivity index (χ2v) is 7.66. The molecule has 0 amide bonds. The number of aromatic nitrogens is 6. The molecule has 0 radical (unpaired) electrons. The predicted octanol–water partition coefficient (Wildman–Crippen LogP) is 4.08. The molecule has 4 aromatic heterocycles. The van der Waals surface area contributed by atoms with E-state index in [1.807, 2.05) is 76.6 Å². The van der Waals surface area contributed by atoms with Gasteiger partial charge in [-0.05, 0) is 24.3 Å². The lowest BCUT2D eigenvalue weighted by Gasteiger charge is -2.12. The number of hydrogen-bond donors (Lipinski definition) is 0. The number of para-hydroxylation sites is 4. The Morgan fingerprint density at radius 2 is 1.59 bits per heavy atom. The van der Waals surface area contributed by atoms with E-state index >= 15 is 0 Å². The summed E-state index contributed by atoms with van der Waals surface area (Å²) in [6.45, 7) is 2.04. The van der Waals surface area contributed by atoms with Crippen molar-refractivity contribution in [2.75, 3.05) is 7.11 Å². The minimum absolute atomic E-state index is 0.0390. The molecule has 0 spiro atoms. The van der Waals surface area contributed by atoms with Crippen LogP contribution in [0.3, 0.4) is 0 Å². The van der Waals surface area contributed by atoms with Crippen molar-refractivity contribution in [3.8, 4) is 23.6 Å². The number of fused-ring (bicyclic) bond motifs is 7. The number of nitriles is 2. The van der Waals surface area contributed by atoms with Crippen LogP contribution >= 0.6 is 0 Å². The number of methoxy groups -OCH3 is 1. The lowest BCUT2D eigenvalue weighted by Crippen LogP contribution is -2.05. The molecule has 34 heavy (non-hydrogen) atoms. The molecule has 162 valence electrons. The first-order valence-corrected chi connectivity index (χ1v) is 10.7. The van der Waals surface area contributed by atoms with Crippen molar-refractivity contribution in [1.82, 2.24) is 28.9 Å². The molecule has 0 saturated heterocycles. The quantitative estimate of drug-likeness (QED) is 0.403. The van der Waals surface area contributed by atoms with Crippen LogP contribution in [0.15, 0.2) is 48.5 Å². The van der Waals surface area contributed by atoms with E-state index in [0.29, 0.717) is 45.7 Å². The number of rotatable bonds is 3. The van der Waals surface area contributed by atoms with Crippen molar-refractivity contribution in [3.05, 3.63) is 65.7 Å². The molecule has 2 aromatic carbocycles. The van der Waals surface area contributed by atoms with E-state index in [1.165, 1.54) is 0 Å². The van der Waals surface area contributed by atoms with E-state index in [4.69, 9.17) is 14.7 Å². The molecular weight excluding hydrogens is 428 g/mol. The number of hydrogen-bond acceptors (Lipinski definition) is 7. The van der Waals surface area contributed by atoms with Gasteiger partial charge in [0.15, 0.2) is 28.3 Å². The zero-order chi connectivity index (χ0) is 23.4. The van der Waals surface area contributed by atoms with Crippen LogP contribution in [0.25, 0.3) is 44.6 Å². The number of benzene rings is 2. The fraction of sp³-hybridized carbons (Fsp3) is 0.120. The Labute approximate surface area is 193 Å². The molecule has 6 aromatic rings. The second-order valence-electron chi connectivity index (χ2n) is 7.66. The van der Waals surface area contributed by atoms with E-state index in [-0.39, 0.29) is 11.4 Å². The molecule has 0 bridgehead atoms. The predicted molar refractivity (Wildman–Crippen MR) is 126 cm³/mol. The van der Waals surface area contributed by atoms with Crippen LogP contribution < -0.4 is 4.74 Å². The minimum atomic E-state index is -0.0470. The zero-order valence-electron chi connectivity index (χ0n) is 18.3. The molecule has 0 N–H and O–H groups in total. The molecule has 0 atom stereocenters. The van der Waals surface area contributed by atoms with Gasteiger partial charge in [0, 0.05) is 6.42 Å². The Bertz CT molecular complexity index is 1870. The van der Waals surface area contributed by atoms with E-state index in [9.17, 15) is 10.5 Å². The first-order valence-electron chi connectivity index (χ1n) is 10.7. The van der Waals surface area contributed by atoms with Gasteiger partial charge in [-0.15, -0.1) is 0 Å². The summed E-state index contributed by atoms with van der Waals surface area (Å²) in [5.41, 5.74) is 4.48. The Kier molecular flexibility index (Phi) is 4.19. The monoisotopic (exact) mass is 444 g/mol. The Morgan fingerprint density at radius 1 is 0.853 bits per heavy atom. The van der Waals surface area contributed by atoms with E-state index in [1.54, 1.807) is 7.11 Å². The van der Waals surface area contributed by atoms with Crippen LogP contribution in [0.2, 0.25) is 0 Å². The van der Waals surface area contributed by atoms with Gasteiger partial charge in [-0.1, -0.05) is 31.2 Å². The van der Waals surface area contributed by atoms with Crippen LogP contribution in [0.4, 0.5) is 0 Å². The Hall–Kier alpha value is -5.02. The molecule has 0 unspecified atom stereocenters. The van der Waals surface area contributed by atoms with Gasteiger partial charge in [0.05, 0.1) is 29.2 Å². The summed E-state index contributed by atoms with van der Waals surface area (Å²) in [5, 5.41) is 19.9.